The van der Waals surface area contributed by atoms with Crippen LogP contribution in [-0.4, -0.2) is 47.9 Å². The molecule has 1 heterocycles. The van der Waals surface area contributed by atoms with E-state index in [0.717, 1.165) is 25.1 Å². The number of benzene rings is 1. The van der Waals surface area contributed by atoms with Crippen molar-refractivity contribution in [2.45, 2.75) is 25.4 Å². The Morgan fingerprint density at radius 2 is 2.00 bits per heavy atom. The van der Waals surface area contributed by atoms with E-state index in [1.54, 1.807) is 24.3 Å². The van der Waals surface area contributed by atoms with Gasteiger partial charge in [-0.2, -0.15) is 0 Å². The third-order valence-corrected chi connectivity index (χ3v) is 3.74. The molecule has 1 aliphatic rings. The molecule has 1 saturated heterocycles. The van der Waals surface area contributed by atoms with Gasteiger partial charge in [0.05, 0.1) is 0 Å². The zero-order valence-corrected chi connectivity index (χ0v) is 10.6. The van der Waals surface area contributed by atoms with Crippen molar-refractivity contribution in [1.82, 2.24) is 4.90 Å². The van der Waals surface area contributed by atoms with Crippen molar-refractivity contribution in [3.05, 3.63) is 29.8 Å². The Hall–Kier alpha value is -0.905. The molecule has 3 nitrogen and oxygen atoms in total. The van der Waals surface area contributed by atoms with Gasteiger partial charge in [-0.1, -0.05) is 31.2 Å². The predicted octanol–water partition coefficient (Wildman–Crippen LogP) is 0.514. The maximum absolute atomic E-state index is 14.1. The minimum absolute atomic E-state index is 0.0716. The van der Waals surface area contributed by atoms with Crippen molar-refractivity contribution in [1.29, 1.82) is 0 Å². The van der Waals surface area contributed by atoms with Gasteiger partial charge in [-0.25, -0.2) is 4.39 Å². The smallest absolute Gasteiger partial charge is 0.423 e. The van der Waals surface area contributed by atoms with Crippen LogP contribution in [0.3, 0.4) is 0 Å². The molecule has 0 aromatic heterocycles. The SMILES string of the molecule is CCN1CCC(c2ccc(B(O)O)cc2)C(F)C1. The van der Waals surface area contributed by atoms with Crippen molar-refractivity contribution in [3.63, 3.8) is 0 Å². The number of rotatable bonds is 3. The second-order valence-electron chi connectivity index (χ2n) is 4.84. The normalized spacial score (nSPS) is 25.1. The first kappa shape index (κ1) is 13.5. The third-order valence-electron chi connectivity index (χ3n) is 3.74. The van der Waals surface area contributed by atoms with Gasteiger partial charge in [0, 0.05) is 12.5 Å². The number of hydrogen-bond acceptors (Lipinski definition) is 3. The van der Waals surface area contributed by atoms with E-state index >= 15 is 0 Å². The summed E-state index contributed by atoms with van der Waals surface area (Å²) in [6, 6.07) is 6.90. The van der Waals surface area contributed by atoms with Crippen molar-refractivity contribution in [2.24, 2.45) is 0 Å². The van der Waals surface area contributed by atoms with E-state index in [2.05, 4.69) is 4.90 Å². The van der Waals surface area contributed by atoms with Gasteiger partial charge in [0.15, 0.2) is 0 Å². The van der Waals surface area contributed by atoms with Gasteiger partial charge in [0.1, 0.15) is 6.17 Å². The zero-order valence-electron chi connectivity index (χ0n) is 10.6. The summed E-state index contributed by atoms with van der Waals surface area (Å²) in [5, 5.41) is 18.0. The molecular weight excluding hydrogens is 232 g/mol. The summed E-state index contributed by atoms with van der Waals surface area (Å²) in [5.41, 5.74) is 1.39. The lowest BCUT2D eigenvalue weighted by Gasteiger charge is -2.34. The molecule has 5 heteroatoms. The molecule has 0 amide bonds. The molecule has 0 spiro atoms. The fourth-order valence-electron chi connectivity index (χ4n) is 2.55. The lowest BCUT2D eigenvalue weighted by Crippen LogP contribution is -2.40. The second-order valence-corrected chi connectivity index (χ2v) is 4.84. The van der Waals surface area contributed by atoms with Crippen molar-refractivity contribution < 1.29 is 14.4 Å². The quantitative estimate of drug-likeness (QED) is 0.769. The van der Waals surface area contributed by atoms with E-state index in [9.17, 15) is 4.39 Å². The van der Waals surface area contributed by atoms with Crippen LogP contribution in [0.2, 0.25) is 0 Å². The highest BCUT2D eigenvalue weighted by Crippen LogP contribution is 2.29. The summed E-state index contributed by atoms with van der Waals surface area (Å²) < 4.78 is 14.1. The van der Waals surface area contributed by atoms with Crippen LogP contribution in [0.1, 0.15) is 24.8 Å². The molecule has 1 aliphatic heterocycles. The maximum Gasteiger partial charge on any atom is 0.488 e. The van der Waals surface area contributed by atoms with Crippen molar-refractivity contribution in [2.75, 3.05) is 19.6 Å². The fourth-order valence-corrected chi connectivity index (χ4v) is 2.55. The molecule has 0 saturated carbocycles. The molecule has 2 rings (SSSR count). The molecular formula is C13H19BFNO2. The molecule has 1 aromatic rings. The lowest BCUT2D eigenvalue weighted by atomic mass is 9.78. The van der Waals surface area contributed by atoms with Crippen LogP contribution in [0.15, 0.2) is 24.3 Å². The molecule has 2 atom stereocenters. The first-order chi connectivity index (χ1) is 8.61. The summed E-state index contributed by atoms with van der Waals surface area (Å²) in [6.45, 7) is 4.35. The summed E-state index contributed by atoms with van der Waals surface area (Å²) in [4.78, 5) is 2.12. The monoisotopic (exact) mass is 251 g/mol. The van der Waals surface area contributed by atoms with Crippen LogP contribution in [0, 0.1) is 0 Å². The Morgan fingerprint density at radius 3 is 2.50 bits per heavy atom. The van der Waals surface area contributed by atoms with Crippen LogP contribution in [0.5, 0.6) is 0 Å². The number of piperidine rings is 1. The van der Waals surface area contributed by atoms with E-state index in [-0.39, 0.29) is 5.92 Å². The zero-order chi connectivity index (χ0) is 13.1. The first-order valence-corrected chi connectivity index (χ1v) is 6.44. The van der Waals surface area contributed by atoms with Gasteiger partial charge in [-0.3, -0.25) is 0 Å². The molecule has 0 bridgehead atoms. The number of likely N-dealkylation sites (tertiary alicyclic amines) is 1. The van der Waals surface area contributed by atoms with Crippen LogP contribution in [-0.2, 0) is 0 Å². The highest BCUT2D eigenvalue weighted by Gasteiger charge is 2.29. The van der Waals surface area contributed by atoms with Crippen LogP contribution < -0.4 is 5.46 Å². The standard InChI is InChI=1S/C13H19BFNO2/c1-2-16-8-7-12(13(15)9-16)10-3-5-11(6-4-10)14(17)18/h3-6,12-13,17-18H,2,7-9H2,1H3. The summed E-state index contributed by atoms with van der Waals surface area (Å²) >= 11 is 0. The van der Waals surface area contributed by atoms with E-state index in [4.69, 9.17) is 10.0 Å². The van der Waals surface area contributed by atoms with Gasteiger partial charge in [0.2, 0.25) is 0 Å². The number of nitrogens with zero attached hydrogens (tertiary/aromatic N) is 1. The van der Waals surface area contributed by atoms with Gasteiger partial charge in [-0.05, 0) is 30.5 Å². The van der Waals surface area contributed by atoms with Crippen molar-refractivity contribution in [3.8, 4) is 0 Å². The second kappa shape index (κ2) is 5.82. The summed E-state index contributed by atoms with van der Waals surface area (Å²) in [6.07, 6.45) is -0.0284. The Morgan fingerprint density at radius 1 is 1.33 bits per heavy atom. The van der Waals surface area contributed by atoms with Crippen LogP contribution >= 0.6 is 0 Å². The lowest BCUT2D eigenvalue weighted by molar-refractivity contribution is 0.122. The molecule has 0 radical (unpaired) electrons. The molecule has 2 unspecified atom stereocenters. The van der Waals surface area contributed by atoms with Gasteiger partial charge in [-0.15, -0.1) is 0 Å². The number of alkyl halides is 1. The first-order valence-electron chi connectivity index (χ1n) is 6.44. The highest BCUT2D eigenvalue weighted by molar-refractivity contribution is 6.58. The Bertz CT molecular complexity index is 385. The Labute approximate surface area is 107 Å². The van der Waals surface area contributed by atoms with E-state index in [0.29, 0.717) is 12.0 Å². The van der Waals surface area contributed by atoms with Gasteiger partial charge in [0.25, 0.3) is 0 Å². The van der Waals surface area contributed by atoms with E-state index in [1.165, 1.54) is 0 Å². The molecule has 1 aromatic carbocycles. The van der Waals surface area contributed by atoms with E-state index in [1.807, 2.05) is 6.92 Å². The Balaban J connectivity index is 2.07. The molecule has 1 fully saturated rings. The molecule has 18 heavy (non-hydrogen) atoms. The highest BCUT2D eigenvalue weighted by atomic mass is 19.1. The average molecular weight is 251 g/mol. The maximum atomic E-state index is 14.1. The van der Waals surface area contributed by atoms with Crippen LogP contribution in [0.4, 0.5) is 4.39 Å². The molecule has 98 valence electrons. The van der Waals surface area contributed by atoms with Gasteiger partial charge < -0.3 is 14.9 Å². The minimum Gasteiger partial charge on any atom is -0.423 e. The predicted molar refractivity (Wildman–Crippen MR) is 70.6 cm³/mol. The number of hydrogen-bond donors (Lipinski definition) is 2. The van der Waals surface area contributed by atoms with Gasteiger partial charge >= 0.3 is 7.12 Å². The average Bonchev–Trinajstić information content (AvgIpc) is 2.38. The van der Waals surface area contributed by atoms with Crippen molar-refractivity contribution >= 4 is 12.6 Å². The molecule has 2 N–H and O–H groups in total. The van der Waals surface area contributed by atoms with Crippen LogP contribution in [0.25, 0.3) is 0 Å². The third kappa shape index (κ3) is 2.91. The number of halogens is 1. The topological polar surface area (TPSA) is 43.7 Å². The van der Waals surface area contributed by atoms with E-state index < -0.39 is 13.3 Å². The minimum atomic E-state index is -1.46. The fraction of sp³-hybridized carbons (Fsp3) is 0.538. The largest absolute Gasteiger partial charge is 0.488 e. The summed E-state index contributed by atoms with van der Waals surface area (Å²) in [5.74, 6) is -0.0716. The summed E-state index contributed by atoms with van der Waals surface area (Å²) in [7, 11) is -1.46. The molecule has 0 aliphatic carbocycles. The Kier molecular flexibility index (Phi) is 4.38.